The van der Waals surface area contributed by atoms with Crippen molar-refractivity contribution in [3.05, 3.63) is 53.7 Å². The molecule has 0 amide bonds. The number of aliphatic imine (C=N–C) groups is 1. The van der Waals surface area contributed by atoms with E-state index < -0.39 is 0 Å². The van der Waals surface area contributed by atoms with Crippen molar-refractivity contribution in [1.82, 2.24) is 9.88 Å². The minimum absolute atomic E-state index is 0.0526. The van der Waals surface area contributed by atoms with Crippen molar-refractivity contribution in [2.75, 3.05) is 23.7 Å². The van der Waals surface area contributed by atoms with Crippen LogP contribution in [-0.4, -0.2) is 47.2 Å². The van der Waals surface area contributed by atoms with Gasteiger partial charge in [0.2, 0.25) is 0 Å². The van der Waals surface area contributed by atoms with Crippen LogP contribution in [0.25, 0.3) is 0 Å². The van der Waals surface area contributed by atoms with E-state index in [4.69, 9.17) is 21.9 Å². The first kappa shape index (κ1) is 21.0. The molecule has 7 nitrogen and oxygen atoms in total. The van der Waals surface area contributed by atoms with Crippen molar-refractivity contribution in [3.8, 4) is 0 Å². The van der Waals surface area contributed by atoms with E-state index in [1.807, 2.05) is 38.1 Å². The van der Waals surface area contributed by atoms with E-state index in [2.05, 4.69) is 22.0 Å². The Labute approximate surface area is 172 Å². The average Bonchev–Trinajstić information content (AvgIpc) is 2.71. The van der Waals surface area contributed by atoms with E-state index in [-0.39, 0.29) is 6.04 Å². The van der Waals surface area contributed by atoms with E-state index >= 15 is 0 Å². The number of rotatable bonds is 6. The van der Waals surface area contributed by atoms with Gasteiger partial charge in [-0.1, -0.05) is 12.1 Å². The van der Waals surface area contributed by atoms with Crippen molar-refractivity contribution in [2.24, 2.45) is 10.7 Å². The Morgan fingerprint density at radius 1 is 1.28 bits per heavy atom. The van der Waals surface area contributed by atoms with Crippen LogP contribution in [0.2, 0.25) is 0 Å². The number of pyridine rings is 1. The van der Waals surface area contributed by atoms with Crippen molar-refractivity contribution in [2.45, 2.75) is 45.3 Å². The van der Waals surface area contributed by atoms with Gasteiger partial charge in [0.1, 0.15) is 11.7 Å². The van der Waals surface area contributed by atoms with Crippen LogP contribution < -0.4 is 16.4 Å². The van der Waals surface area contributed by atoms with E-state index in [1.165, 1.54) is 11.9 Å². The molecule has 2 aromatic rings. The number of hydrogen-bond donors (Lipinski definition) is 3. The third kappa shape index (κ3) is 5.40. The summed E-state index contributed by atoms with van der Waals surface area (Å²) in [5, 5.41) is 8.01. The van der Waals surface area contributed by atoms with Gasteiger partial charge in [0.15, 0.2) is 0 Å². The number of amidine groups is 1. The summed E-state index contributed by atoms with van der Waals surface area (Å²) >= 11 is 0. The third-order valence-electron chi connectivity index (χ3n) is 5.07. The van der Waals surface area contributed by atoms with Gasteiger partial charge in [-0.15, -0.1) is 0 Å². The van der Waals surface area contributed by atoms with Gasteiger partial charge in [0, 0.05) is 30.5 Å². The normalized spacial score (nSPS) is 16.2. The fourth-order valence-corrected chi connectivity index (χ4v) is 3.50. The first-order chi connectivity index (χ1) is 14.0. The zero-order chi connectivity index (χ0) is 20.8. The molecule has 1 fully saturated rings. The van der Waals surface area contributed by atoms with Crippen LogP contribution in [0, 0.1) is 5.41 Å². The van der Waals surface area contributed by atoms with Crippen molar-refractivity contribution in [3.63, 3.8) is 0 Å². The van der Waals surface area contributed by atoms with E-state index in [1.54, 1.807) is 11.1 Å². The zero-order valence-corrected chi connectivity index (χ0v) is 17.3. The lowest BCUT2D eigenvalue weighted by Gasteiger charge is -2.30. The highest BCUT2D eigenvalue weighted by atomic mass is 15.2. The second-order valence-corrected chi connectivity index (χ2v) is 7.76. The fraction of sp³-hybridized carbons (Fsp3) is 0.409. The highest BCUT2D eigenvalue weighted by Crippen LogP contribution is 2.21. The largest absolute Gasteiger partial charge is 0.383 e. The number of aromatic nitrogens is 1. The average molecular weight is 394 g/mol. The SMILES string of the molecule is CC(C)/N=C(/c1cccnc1N)N(C=N)c1ccc(CN2CCC(N)CC2)cc1. The molecule has 154 valence electrons. The standard InChI is InChI=1S/C22H31N7/c1-16(2)27-22(20-4-3-11-26-21(20)25)29(15-23)19-7-5-17(6-8-19)14-28-12-9-18(24)10-13-28/h3-8,11,15-16,18,23H,9-10,12-14,24H2,1-2H3,(H2,25,26)/b23-15?,27-22-. The number of nitrogens with zero attached hydrogens (tertiary/aromatic N) is 4. The monoisotopic (exact) mass is 393 g/mol. The molecule has 1 aromatic carbocycles. The lowest BCUT2D eigenvalue weighted by atomic mass is 10.1. The molecule has 1 aliphatic rings. The van der Waals surface area contributed by atoms with Crippen LogP contribution in [0.5, 0.6) is 0 Å². The van der Waals surface area contributed by atoms with Crippen LogP contribution in [0.3, 0.4) is 0 Å². The minimum atomic E-state index is 0.0526. The molecule has 0 radical (unpaired) electrons. The van der Waals surface area contributed by atoms with Gasteiger partial charge in [0.05, 0.1) is 11.9 Å². The molecular formula is C22H31N7. The first-order valence-electron chi connectivity index (χ1n) is 10.1. The van der Waals surface area contributed by atoms with Crippen molar-refractivity contribution in [1.29, 1.82) is 5.41 Å². The molecule has 0 bridgehead atoms. The Morgan fingerprint density at radius 2 is 1.97 bits per heavy atom. The zero-order valence-electron chi connectivity index (χ0n) is 17.3. The number of nitrogen functional groups attached to an aromatic ring is 1. The van der Waals surface area contributed by atoms with Crippen molar-refractivity contribution < 1.29 is 0 Å². The maximum Gasteiger partial charge on any atom is 0.144 e. The van der Waals surface area contributed by atoms with Gasteiger partial charge in [-0.3, -0.25) is 20.2 Å². The Bertz CT molecular complexity index is 836. The molecule has 3 rings (SSSR count). The molecule has 5 N–H and O–H groups in total. The number of nitrogens with two attached hydrogens (primary N) is 2. The Hall–Kier alpha value is -2.77. The van der Waals surface area contributed by atoms with Crippen LogP contribution >= 0.6 is 0 Å². The van der Waals surface area contributed by atoms with Crippen LogP contribution in [0.4, 0.5) is 11.5 Å². The van der Waals surface area contributed by atoms with Crippen LogP contribution in [-0.2, 0) is 6.54 Å². The van der Waals surface area contributed by atoms with Crippen LogP contribution in [0.1, 0.15) is 37.8 Å². The van der Waals surface area contributed by atoms with Gasteiger partial charge >= 0.3 is 0 Å². The topological polar surface area (TPSA) is 108 Å². The summed E-state index contributed by atoms with van der Waals surface area (Å²) < 4.78 is 0. The number of benzene rings is 1. The third-order valence-corrected chi connectivity index (χ3v) is 5.07. The lowest BCUT2D eigenvalue weighted by molar-refractivity contribution is 0.205. The number of anilines is 2. The molecule has 0 atom stereocenters. The molecule has 1 aliphatic heterocycles. The summed E-state index contributed by atoms with van der Waals surface area (Å²) in [6.45, 7) is 7.01. The number of nitrogens with one attached hydrogen (secondary N) is 1. The fourth-order valence-electron chi connectivity index (χ4n) is 3.50. The summed E-state index contributed by atoms with van der Waals surface area (Å²) in [5.74, 6) is 1.03. The second kappa shape index (κ2) is 9.62. The lowest BCUT2D eigenvalue weighted by Crippen LogP contribution is -2.39. The number of hydrogen-bond acceptors (Lipinski definition) is 6. The molecule has 2 heterocycles. The van der Waals surface area contributed by atoms with Crippen LogP contribution in [0.15, 0.2) is 47.6 Å². The predicted octanol–water partition coefficient (Wildman–Crippen LogP) is 2.86. The molecule has 1 aromatic heterocycles. The summed E-state index contributed by atoms with van der Waals surface area (Å²) in [5.41, 5.74) is 14.9. The quantitative estimate of drug-likeness (QED) is 0.517. The number of piperidine rings is 1. The summed E-state index contributed by atoms with van der Waals surface area (Å²) in [4.78, 5) is 13.1. The van der Waals surface area contributed by atoms with Gasteiger partial charge in [0.25, 0.3) is 0 Å². The molecular weight excluding hydrogens is 362 g/mol. The Kier molecular flexibility index (Phi) is 6.95. The minimum Gasteiger partial charge on any atom is -0.383 e. The van der Waals surface area contributed by atoms with E-state index in [9.17, 15) is 0 Å². The highest BCUT2D eigenvalue weighted by molar-refractivity contribution is 6.20. The first-order valence-corrected chi connectivity index (χ1v) is 10.1. The van der Waals surface area contributed by atoms with Crippen molar-refractivity contribution >= 4 is 23.7 Å². The summed E-state index contributed by atoms with van der Waals surface area (Å²) in [7, 11) is 0. The van der Waals surface area contributed by atoms with Gasteiger partial charge in [-0.05, 0) is 69.6 Å². The van der Waals surface area contributed by atoms with Gasteiger partial charge < -0.3 is 11.5 Å². The van der Waals surface area contributed by atoms with E-state index in [0.717, 1.165) is 43.7 Å². The Balaban J connectivity index is 1.82. The Morgan fingerprint density at radius 3 is 2.55 bits per heavy atom. The number of likely N-dealkylation sites (tertiary alicyclic amines) is 1. The molecule has 0 spiro atoms. The molecule has 0 saturated carbocycles. The van der Waals surface area contributed by atoms with E-state index in [0.29, 0.717) is 17.7 Å². The maximum absolute atomic E-state index is 8.01. The molecule has 0 unspecified atom stereocenters. The molecule has 1 saturated heterocycles. The van der Waals surface area contributed by atoms with Gasteiger partial charge in [-0.25, -0.2) is 4.98 Å². The second-order valence-electron chi connectivity index (χ2n) is 7.76. The maximum atomic E-state index is 8.01. The summed E-state index contributed by atoms with van der Waals surface area (Å²) in [6, 6.07) is 12.4. The summed E-state index contributed by atoms with van der Waals surface area (Å²) in [6.07, 6.45) is 5.04. The highest BCUT2D eigenvalue weighted by Gasteiger charge is 2.19. The predicted molar refractivity (Wildman–Crippen MR) is 121 cm³/mol. The molecule has 7 heteroatoms. The molecule has 29 heavy (non-hydrogen) atoms. The molecule has 0 aliphatic carbocycles. The smallest absolute Gasteiger partial charge is 0.144 e. The van der Waals surface area contributed by atoms with Gasteiger partial charge in [-0.2, -0.15) is 0 Å².